The number of phenols is 1. The van der Waals surface area contributed by atoms with Gasteiger partial charge in [0.2, 0.25) is 0 Å². The number of para-hydroxylation sites is 2. The van der Waals surface area contributed by atoms with Crippen molar-refractivity contribution in [2.45, 2.75) is 0 Å². The molecule has 3 aromatic rings. The summed E-state index contributed by atoms with van der Waals surface area (Å²) >= 11 is 0. The Morgan fingerprint density at radius 3 is 2.52 bits per heavy atom. The standard InChI is InChI=1S/C16H13N3O2/c20-15-4-2-1-3-14(15)18-16(21)12-5-7-13(8-6-12)19-10-9-17-11-19/h1-11,20H,(H,18,21). The van der Waals surface area contributed by atoms with Crippen LogP contribution in [0, 0.1) is 0 Å². The van der Waals surface area contributed by atoms with Gasteiger partial charge in [-0.05, 0) is 36.4 Å². The summed E-state index contributed by atoms with van der Waals surface area (Å²) in [4.78, 5) is 16.1. The number of phenolic OH excluding ortho intramolecular Hbond substituents is 1. The number of nitrogens with zero attached hydrogens (tertiary/aromatic N) is 2. The molecule has 0 spiro atoms. The lowest BCUT2D eigenvalue weighted by Gasteiger charge is -2.08. The maximum Gasteiger partial charge on any atom is 0.255 e. The monoisotopic (exact) mass is 279 g/mol. The summed E-state index contributed by atoms with van der Waals surface area (Å²) < 4.78 is 1.85. The molecule has 1 heterocycles. The van der Waals surface area contributed by atoms with Crippen LogP contribution in [0.1, 0.15) is 10.4 Å². The van der Waals surface area contributed by atoms with Gasteiger partial charge in [-0.2, -0.15) is 0 Å². The van der Waals surface area contributed by atoms with E-state index in [9.17, 15) is 9.90 Å². The van der Waals surface area contributed by atoms with Crippen LogP contribution in [0.3, 0.4) is 0 Å². The van der Waals surface area contributed by atoms with Crippen molar-refractivity contribution in [1.82, 2.24) is 9.55 Å². The smallest absolute Gasteiger partial charge is 0.255 e. The van der Waals surface area contributed by atoms with Crippen LogP contribution in [0.5, 0.6) is 5.75 Å². The van der Waals surface area contributed by atoms with Crippen LogP contribution in [-0.2, 0) is 0 Å². The van der Waals surface area contributed by atoms with E-state index in [1.165, 1.54) is 6.07 Å². The zero-order valence-corrected chi connectivity index (χ0v) is 11.1. The molecule has 0 atom stereocenters. The second-order valence-corrected chi connectivity index (χ2v) is 4.49. The molecule has 0 saturated carbocycles. The predicted molar refractivity (Wildman–Crippen MR) is 79.6 cm³/mol. The third-order valence-corrected chi connectivity index (χ3v) is 3.08. The molecule has 0 aliphatic carbocycles. The Bertz CT molecular complexity index is 749. The average molecular weight is 279 g/mol. The van der Waals surface area contributed by atoms with Crippen LogP contribution in [0.2, 0.25) is 0 Å². The van der Waals surface area contributed by atoms with Crippen molar-refractivity contribution in [1.29, 1.82) is 0 Å². The SMILES string of the molecule is O=C(Nc1ccccc1O)c1ccc(-n2ccnc2)cc1. The van der Waals surface area contributed by atoms with Crippen LogP contribution < -0.4 is 5.32 Å². The fourth-order valence-corrected chi connectivity index (χ4v) is 1.97. The zero-order valence-electron chi connectivity index (χ0n) is 11.1. The molecule has 2 N–H and O–H groups in total. The van der Waals surface area contributed by atoms with Gasteiger partial charge in [-0.15, -0.1) is 0 Å². The molecular weight excluding hydrogens is 266 g/mol. The average Bonchev–Trinajstić information content (AvgIpc) is 3.04. The number of hydrogen-bond acceptors (Lipinski definition) is 3. The number of rotatable bonds is 3. The summed E-state index contributed by atoms with van der Waals surface area (Å²) in [5.41, 5.74) is 1.83. The number of carbonyl (C=O) groups is 1. The first-order valence-electron chi connectivity index (χ1n) is 6.42. The zero-order chi connectivity index (χ0) is 14.7. The van der Waals surface area contributed by atoms with E-state index in [2.05, 4.69) is 10.3 Å². The number of amides is 1. The van der Waals surface area contributed by atoms with Gasteiger partial charge in [-0.1, -0.05) is 12.1 Å². The first-order chi connectivity index (χ1) is 10.2. The number of aromatic nitrogens is 2. The molecule has 5 nitrogen and oxygen atoms in total. The summed E-state index contributed by atoms with van der Waals surface area (Å²) in [7, 11) is 0. The van der Waals surface area contributed by atoms with Gasteiger partial charge in [0.25, 0.3) is 5.91 Å². The topological polar surface area (TPSA) is 67.2 Å². The van der Waals surface area contributed by atoms with E-state index in [0.717, 1.165) is 5.69 Å². The third kappa shape index (κ3) is 2.76. The maximum absolute atomic E-state index is 12.1. The molecular formula is C16H13N3O2. The van der Waals surface area contributed by atoms with E-state index in [-0.39, 0.29) is 11.7 Å². The van der Waals surface area contributed by atoms with Crippen molar-refractivity contribution in [2.75, 3.05) is 5.32 Å². The van der Waals surface area contributed by atoms with Crippen LogP contribution >= 0.6 is 0 Å². The van der Waals surface area contributed by atoms with Gasteiger partial charge in [-0.25, -0.2) is 4.98 Å². The molecule has 0 saturated heterocycles. The van der Waals surface area contributed by atoms with Crippen molar-refractivity contribution in [3.05, 3.63) is 72.8 Å². The van der Waals surface area contributed by atoms with Crippen molar-refractivity contribution in [3.63, 3.8) is 0 Å². The quantitative estimate of drug-likeness (QED) is 0.724. The largest absolute Gasteiger partial charge is 0.506 e. The van der Waals surface area contributed by atoms with E-state index in [4.69, 9.17) is 0 Å². The minimum atomic E-state index is -0.270. The Morgan fingerprint density at radius 2 is 1.86 bits per heavy atom. The molecule has 3 rings (SSSR count). The molecule has 2 aromatic carbocycles. The molecule has 0 aliphatic heterocycles. The molecule has 1 amide bonds. The fraction of sp³-hybridized carbons (Fsp3) is 0. The van der Waals surface area contributed by atoms with Gasteiger partial charge < -0.3 is 15.0 Å². The van der Waals surface area contributed by atoms with Crippen LogP contribution in [0.15, 0.2) is 67.3 Å². The van der Waals surface area contributed by atoms with Gasteiger partial charge in [0.15, 0.2) is 0 Å². The Balaban J connectivity index is 1.78. The number of hydrogen-bond donors (Lipinski definition) is 2. The van der Waals surface area contributed by atoms with Crippen molar-refractivity contribution < 1.29 is 9.90 Å². The molecule has 0 radical (unpaired) electrons. The van der Waals surface area contributed by atoms with Crippen LogP contribution in [0.4, 0.5) is 5.69 Å². The van der Waals surface area contributed by atoms with Gasteiger partial charge in [0, 0.05) is 23.6 Å². The Kier molecular flexibility index (Phi) is 3.39. The van der Waals surface area contributed by atoms with Gasteiger partial charge in [0.1, 0.15) is 5.75 Å². The predicted octanol–water partition coefficient (Wildman–Crippen LogP) is 2.83. The first-order valence-corrected chi connectivity index (χ1v) is 6.42. The third-order valence-electron chi connectivity index (χ3n) is 3.08. The second-order valence-electron chi connectivity index (χ2n) is 4.49. The van der Waals surface area contributed by atoms with E-state index in [1.807, 2.05) is 22.9 Å². The molecule has 0 aliphatic rings. The Hall–Kier alpha value is -3.08. The highest BCUT2D eigenvalue weighted by atomic mass is 16.3. The highest BCUT2D eigenvalue weighted by Gasteiger charge is 2.08. The van der Waals surface area contributed by atoms with Gasteiger partial charge in [-0.3, -0.25) is 4.79 Å². The molecule has 0 fully saturated rings. The molecule has 104 valence electrons. The summed E-state index contributed by atoms with van der Waals surface area (Å²) in [6.07, 6.45) is 5.22. The van der Waals surface area contributed by atoms with Crippen molar-refractivity contribution in [2.24, 2.45) is 0 Å². The molecule has 5 heteroatoms. The highest BCUT2D eigenvalue weighted by Crippen LogP contribution is 2.22. The number of aromatic hydroxyl groups is 1. The first kappa shape index (κ1) is 12.9. The van der Waals surface area contributed by atoms with Crippen LogP contribution in [0.25, 0.3) is 5.69 Å². The van der Waals surface area contributed by atoms with Crippen molar-refractivity contribution in [3.8, 4) is 11.4 Å². The Labute approximate surface area is 121 Å². The van der Waals surface area contributed by atoms with Gasteiger partial charge in [0.05, 0.1) is 12.0 Å². The van der Waals surface area contributed by atoms with Crippen LogP contribution in [-0.4, -0.2) is 20.6 Å². The molecule has 0 unspecified atom stereocenters. The minimum Gasteiger partial charge on any atom is -0.506 e. The molecule has 21 heavy (non-hydrogen) atoms. The highest BCUT2D eigenvalue weighted by molar-refractivity contribution is 6.05. The van der Waals surface area contributed by atoms with E-state index < -0.39 is 0 Å². The lowest BCUT2D eigenvalue weighted by atomic mass is 10.2. The number of benzene rings is 2. The number of nitrogens with one attached hydrogen (secondary N) is 1. The van der Waals surface area contributed by atoms with Gasteiger partial charge >= 0.3 is 0 Å². The van der Waals surface area contributed by atoms with Crippen molar-refractivity contribution >= 4 is 11.6 Å². The number of imidazole rings is 1. The maximum atomic E-state index is 12.1. The second kappa shape index (κ2) is 5.50. The van der Waals surface area contributed by atoms with E-state index in [0.29, 0.717) is 11.3 Å². The minimum absolute atomic E-state index is 0.0425. The normalized spacial score (nSPS) is 10.3. The lowest BCUT2D eigenvalue weighted by molar-refractivity contribution is 0.102. The van der Waals surface area contributed by atoms with E-state index >= 15 is 0 Å². The summed E-state index contributed by atoms with van der Waals surface area (Å²) in [5.74, 6) is -0.227. The summed E-state index contributed by atoms with van der Waals surface area (Å²) in [6.45, 7) is 0. The Morgan fingerprint density at radius 1 is 1.10 bits per heavy atom. The van der Waals surface area contributed by atoms with E-state index in [1.54, 1.807) is 42.9 Å². The molecule has 1 aromatic heterocycles. The number of carbonyl (C=O) groups excluding carboxylic acids is 1. The summed E-state index contributed by atoms with van der Waals surface area (Å²) in [6, 6.07) is 13.7. The molecule has 0 bridgehead atoms. The number of anilines is 1. The fourth-order valence-electron chi connectivity index (χ4n) is 1.97. The summed E-state index contributed by atoms with van der Waals surface area (Å²) in [5, 5.41) is 12.3. The lowest BCUT2D eigenvalue weighted by Crippen LogP contribution is -2.11.